The summed E-state index contributed by atoms with van der Waals surface area (Å²) in [5, 5.41) is 0. The van der Waals surface area contributed by atoms with Crippen LogP contribution < -0.4 is 0 Å². The Kier molecular flexibility index (Phi) is 2.90. The van der Waals surface area contributed by atoms with E-state index in [9.17, 15) is 4.79 Å². The summed E-state index contributed by atoms with van der Waals surface area (Å²) >= 11 is 0. The molecule has 0 bridgehead atoms. The van der Waals surface area contributed by atoms with E-state index in [0.717, 1.165) is 24.0 Å². The number of hydrogen-bond donors (Lipinski definition) is 0. The van der Waals surface area contributed by atoms with Crippen molar-refractivity contribution in [2.24, 2.45) is 4.99 Å². The summed E-state index contributed by atoms with van der Waals surface area (Å²) in [7, 11) is 1.69. The molecule has 1 fully saturated rings. The van der Waals surface area contributed by atoms with E-state index in [1.807, 2.05) is 38.1 Å². The zero-order chi connectivity index (χ0) is 12.5. The van der Waals surface area contributed by atoms with Crippen LogP contribution in [0.1, 0.15) is 37.8 Å². The number of aliphatic imine (C=N–C) groups is 1. The lowest BCUT2D eigenvalue weighted by molar-refractivity contribution is 0.0181. The summed E-state index contributed by atoms with van der Waals surface area (Å²) in [4.78, 5) is 14.5. The van der Waals surface area contributed by atoms with E-state index >= 15 is 0 Å². The number of ether oxygens (including phenoxy) is 1. The van der Waals surface area contributed by atoms with Gasteiger partial charge in [0.2, 0.25) is 6.08 Å². The van der Waals surface area contributed by atoms with Crippen molar-refractivity contribution >= 4 is 6.08 Å². The van der Waals surface area contributed by atoms with Gasteiger partial charge >= 0.3 is 0 Å². The minimum Gasteiger partial charge on any atom is -0.374 e. The zero-order valence-corrected chi connectivity index (χ0v) is 10.5. The predicted molar refractivity (Wildman–Crippen MR) is 65.5 cm³/mol. The number of benzene rings is 1. The highest BCUT2D eigenvalue weighted by molar-refractivity contribution is 5.45. The summed E-state index contributed by atoms with van der Waals surface area (Å²) in [6, 6.07) is 8.04. The molecule has 0 atom stereocenters. The normalized spacial score (nSPS) is 17.4. The molecule has 2 rings (SSSR count). The molecule has 17 heavy (non-hydrogen) atoms. The average molecular weight is 231 g/mol. The van der Waals surface area contributed by atoms with Crippen LogP contribution in [0.3, 0.4) is 0 Å². The molecule has 0 aliphatic heterocycles. The molecule has 1 saturated carbocycles. The third kappa shape index (κ3) is 2.04. The molecule has 0 saturated heterocycles. The second kappa shape index (κ2) is 4.10. The largest absolute Gasteiger partial charge is 0.374 e. The Labute approximate surface area is 102 Å². The van der Waals surface area contributed by atoms with E-state index in [4.69, 9.17) is 4.74 Å². The summed E-state index contributed by atoms with van der Waals surface area (Å²) in [6.07, 6.45) is 3.53. The predicted octanol–water partition coefficient (Wildman–Crippen LogP) is 2.89. The molecule has 3 heteroatoms. The minimum absolute atomic E-state index is 0.339. The van der Waals surface area contributed by atoms with Gasteiger partial charge in [0.1, 0.15) is 0 Å². The van der Waals surface area contributed by atoms with Crippen molar-refractivity contribution in [2.75, 3.05) is 7.11 Å². The second-order valence-electron chi connectivity index (χ2n) is 4.99. The standard InChI is InChI=1S/C14H17NO2/c1-13(2,17-3)11-6-4-5-7-12(11)14(8-9-14)15-10-16/h4-7H,8-9H2,1-3H3. The van der Waals surface area contributed by atoms with Crippen molar-refractivity contribution in [1.29, 1.82) is 0 Å². The molecule has 90 valence electrons. The molecular weight excluding hydrogens is 214 g/mol. The van der Waals surface area contributed by atoms with Gasteiger partial charge in [0.05, 0.1) is 11.1 Å². The fourth-order valence-corrected chi connectivity index (χ4v) is 2.17. The van der Waals surface area contributed by atoms with Crippen LogP contribution in [0.25, 0.3) is 0 Å². The van der Waals surface area contributed by atoms with Gasteiger partial charge in [-0.3, -0.25) is 0 Å². The SMILES string of the molecule is COC(C)(C)c1ccccc1C1(N=C=O)CC1. The third-order valence-electron chi connectivity index (χ3n) is 3.57. The highest BCUT2D eigenvalue weighted by Crippen LogP contribution is 2.51. The topological polar surface area (TPSA) is 38.7 Å². The minimum atomic E-state index is -0.370. The van der Waals surface area contributed by atoms with E-state index in [2.05, 4.69) is 4.99 Å². The van der Waals surface area contributed by atoms with Gasteiger partial charge in [0.15, 0.2) is 0 Å². The van der Waals surface area contributed by atoms with Gasteiger partial charge in [-0.2, -0.15) is 4.99 Å². The van der Waals surface area contributed by atoms with Crippen LogP contribution in [0.2, 0.25) is 0 Å². The average Bonchev–Trinajstić information content (AvgIpc) is 3.11. The molecule has 3 nitrogen and oxygen atoms in total. The second-order valence-corrected chi connectivity index (χ2v) is 4.99. The first-order valence-corrected chi connectivity index (χ1v) is 5.80. The summed E-state index contributed by atoms with van der Waals surface area (Å²) < 4.78 is 5.53. The molecule has 1 aromatic carbocycles. The van der Waals surface area contributed by atoms with Gasteiger partial charge in [-0.1, -0.05) is 24.3 Å². The van der Waals surface area contributed by atoms with Crippen molar-refractivity contribution in [2.45, 2.75) is 37.8 Å². The molecule has 0 N–H and O–H groups in total. The maximum absolute atomic E-state index is 10.5. The van der Waals surface area contributed by atoms with Crippen LogP contribution in [0.5, 0.6) is 0 Å². The fourth-order valence-electron chi connectivity index (χ4n) is 2.17. The molecule has 0 radical (unpaired) electrons. The van der Waals surface area contributed by atoms with Crippen LogP contribution in [0, 0.1) is 0 Å². The number of isocyanates is 1. The Morgan fingerprint density at radius 2 is 2.00 bits per heavy atom. The number of methoxy groups -OCH3 is 1. The highest BCUT2D eigenvalue weighted by atomic mass is 16.5. The number of rotatable bonds is 4. The van der Waals surface area contributed by atoms with Crippen LogP contribution in [0.4, 0.5) is 0 Å². The molecule has 1 aliphatic carbocycles. The van der Waals surface area contributed by atoms with Gasteiger partial charge in [0.25, 0.3) is 0 Å². The van der Waals surface area contributed by atoms with E-state index in [1.165, 1.54) is 0 Å². The van der Waals surface area contributed by atoms with Crippen LogP contribution in [-0.2, 0) is 20.7 Å². The molecule has 0 heterocycles. The van der Waals surface area contributed by atoms with Gasteiger partial charge in [-0.15, -0.1) is 0 Å². The lowest BCUT2D eigenvalue weighted by Gasteiger charge is -2.28. The third-order valence-corrected chi connectivity index (χ3v) is 3.57. The number of nitrogens with zero attached hydrogens (tertiary/aromatic N) is 1. The van der Waals surface area contributed by atoms with E-state index in [-0.39, 0.29) is 11.1 Å². The first kappa shape index (κ1) is 12.0. The highest BCUT2D eigenvalue weighted by Gasteiger charge is 2.47. The Morgan fingerprint density at radius 3 is 2.53 bits per heavy atom. The molecule has 0 aromatic heterocycles. The van der Waals surface area contributed by atoms with Crippen LogP contribution in [-0.4, -0.2) is 13.2 Å². The van der Waals surface area contributed by atoms with Crippen LogP contribution >= 0.6 is 0 Å². The Bertz CT molecular complexity index is 469. The maximum atomic E-state index is 10.5. The lowest BCUT2D eigenvalue weighted by Crippen LogP contribution is -2.23. The van der Waals surface area contributed by atoms with Crippen molar-refractivity contribution in [3.8, 4) is 0 Å². The lowest BCUT2D eigenvalue weighted by atomic mass is 9.88. The smallest absolute Gasteiger partial charge is 0.235 e. The monoisotopic (exact) mass is 231 g/mol. The molecule has 1 aliphatic rings. The van der Waals surface area contributed by atoms with E-state index in [1.54, 1.807) is 13.2 Å². The van der Waals surface area contributed by atoms with E-state index in [0.29, 0.717) is 0 Å². The zero-order valence-electron chi connectivity index (χ0n) is 10.5. The molecule has 0 amide bonds. The van der Waals surface area contributed by atoms with Crippen molar-refractivity contribution in [3.63, 3.8) is 0 Å². The molecule has 0 unspecified atom stereocenters. The van der Waals surface area contributed by atoms with Gasteiger partial charge in [-0.25, -0.2) is 4.79 Å². The Morgan fingerprint density at radius 1 is 1.35 bits per heavy atom. The van der Waals surface area contributed by atoms with Gasteiger partial charge < -0.3 is 4.74 Å². The molecular formula is C14H17NO2. The maximum Gasteiger partial charge on any atom is 0.235 e. The first-order valence-electron chi connectivity index (χ1n) is 5.80. The van der Waals surface area contributed by atoms with Crippen molar-refractivity contribution in [1.82, 2.24) is 0 Å². The Hall–Kier alpha value is -1.44. The summed E-state index contributed by atoms with van der Waals surface area (Å²) in [6.45, 7) is 4.04. The summed E-state index contributed by atoms with van der Waals surface area (Å²) in [5.74, 6) is 0. The first-order chi connectivity index (χ1) is 8.06. The van der Waals surface area contributed by atoms with Gasteiger partial charge in [-0.05, 0) is 37.8 Å². The van der Waals surface area contributed by atoms with Crippen molar-refractivity contribution in [3.05, 3.63) is 35.4 Å². The quantitative estimate of drug-likeness (QED) is 0.590. The molecule has 0 spiro atoms. The van der Waals surface area contributed by atoms with Crippen LogP contribution in [0.15, 0.2) is 29.3 Å². The number of hydrogen-bond acceptors (Lipinski definition) is 3. The fraction of sp³-hybridized carbons (Fsp3) is 0.500. The van der Waals surface area contributed by atoms with E-state index < -0.39 is 0 Å². The van der Waals surface area contributed by atoms with Crippen molar-refractivity contribution < 1.29 is 9.53 Å². The number of carbonyl (C=O) groups excluding carboxylic acids is 1. The van der Waals surface area contributed by atoms with Gasteiger partial charge in [0, 0.05) is 7.11 Å². The summed E-state index contributed by atoms with van der Waals surface area (Å²) in [5.41, 5.74) is 1.48. The Balaban J connectivity index is 2.52. The molecule has 1 aromatic rings.